The first-order chi connectivity index (χ1) is 12.9. The molecule has 0 spiro atoms. The Hall–Kier alpha value is -2.89. The first-order valence-electron chi connectivity index (χ1n) is 8.52. The lowest BCUT2D eigenvalue weighted by molar-refractivity contribution is -0.117. The predicted molar refractivity (Wildman–Crippen MR) is 99.5 cm³/mol. The minimum Gasteiger partial charge on any atom is -0.457 e. The van der Waals surface area contributed by atoms with Crippen LogP contribution in [0, 0.1) is 11.3 Å². The Morgan fingerprint density at radius 2 is 1.85 bits per heavy atom. The van der Waals surface area contributed by atoms with Crippen molar-refractivity contribution in [3.05, 3.63) is 47.7 Å². The minimum atomic E-state index is -3.76. The molecule has 140 valence electrons. The van der Waals surface area contributed by atoms with Crippen LogP contribution >= 0.6 is 0 Å². The van der Waals surface area contributed by atoms with Gasteiger partial charge in [0, 0.05) is 17.7 Å². The van der Waals surface area contributed by atoms with Crippen molar-refractivity contribution in [3.63, 3.8) is 0 Å². The number of nitrogens with zero attached hydrogens (tertiary/aromatic N) is 1. The third-order valence-corrected chi connectivity index (χ3v) is 5.37. The van der Waals surface area contributed by atoms with Gasteiger partial charge in [-0.25, -0.2) is 13.6 Å². The second kappa shape index (κ2) is 7.78. The second-order valence-corrected chi connectivity index (χ2v) is 7.96. The molecule has 3 N–H and O–H groups in total. The molecule has 3 rings (SSSR count). The van der Waals surface area contributed by atoms with Crippen molar-refractivity contribution in [3.8, 4) is 17.4 Å². The van der Waals surface area contributed by atoms with Gasteiger partial charge in [0.15, 0.2) is 0 Å². The number of benzene rings is 1. The molecular formula is C19H19N3O4S. The highest BCUT2D eigenvalue weighted by atomic mass is 32.2. The Labute approximate surface area is 157 Å². The molecule has 1 aromatic heterocycles. The van der Waals surface area contributed by atoms with E-state index in [1.165, 1.54) is 18.2 Å². The van der Waals surface area contributed by atoms with Gasteiger partial charge in [-0.1, -0.05) is 12.8 Å². The van der Waals surface area contributed by atoms with Gasteiger partial charge in [0.05, 0.1) is 4.90 Å². The minimum absolute atomic E-state index is 0.00766. The molecule has 0 atom stereocenters. The lowest BCUT2D eigenvalue weighted by Gasteiger charge is -2.10. The van der Waals surface area contributed by atoms with Crippen molar-refractivity contribution in [1.29, 1.82) is 5.26 Å². The van der Waals surface area contributed by atoms with E-state index in [1.807, 2.05) is 6.07 Å². The van der Waals surface area contributed by atoms with Gasteiger partial charge in [0.1, 0.15) is 23.2 Å². The number of nitrogens with one attached hydrogen (secondary N) is 1. The summed E-state index contributed by atoms with van der Waals surface area (Å²) in [5.74, 6) is 0.439. The van der Waals surface area contributed by atoms with E-state index >= 15 is 0 Å². The predicted octanol–water partition coefficient (Wildman–Crippen LogP) is 2.56. The zero-order chi connectivity index (χ0) is 19.4. The van der Waals surface area contributed by atoms with Crippen LogP contribution in [0.4, 0.5) is 0 Å². The van der Waals surface area contributed by atoms with Gasteiger partial charge >= 0.3 is 0 Å². The van der Waals surface area contributed by atoms with Crippen LogP contribution in [0.25, 0.3) is 17.4 Å². The van der Waals surface area contributed by atoms with Crippen molar-refractivity contribution < 1.29 is 17.6 Å². The Bertz CT molecular complexity index is 1010. The third-order valence-electron chi connectivity index (χ3n) is 4.44. The van der Waals surface area contributed by atoms with Crippen molar-refractivity contribution >= 4 is 22.0 Å². The fourth-order valence-corrected chi connectivity index (χ4v) is 3.53. The Kier molecular flexibility index (Phi) is 5.44. The number of amides is 1. The van der Waals surface area contributed by atoms with Crippen molar-refractivity contribution in [2.45, 2.75) is 36.6 Å². The first kappa shape index (κ1) is 18.9. The molecular weight excluding hydrogens is 366 g/mol. The number of hydrogen-bond acceptors (Lipinski definition) is 5. The summed E-state index contributed by atoms with van der Waals surface area (Å²) in [4.78, 5) is 12.2. The number of rotatable bonds is 5. The van der Waals surface area contributed by atoms with Crippen molar-refractivity contribution in [2.24, 2.45) is 5.14 Å². The fraction of sp³-hybridized carbons (Fsp3) is 0.263. The monoisotopic (exact) mass is 385 g/mol. The zero-order valence-electron chi connectivity index (χ0n) is 14.5. The molecule has 1 saturated carbocycles. The van der Waals surface area contributed by atoms with Gasteiger partial charge in [-0.2, -0.15) is 5.26 Å². The van der Waals surface area contributed by atoms with Crippen LogP contribution in [0.3, 0.4) is 0 Å². The second-order valence-electron chi connectivity index (χ2n) is 6.40. The maximum absolute atomic E-state index is 12.2. The lowest BCUT2D eigenvalue weighted by Crippen LogP contribution is -2.33. The average Bonchev–Trinajstić information content (AvgIpc) is 3.30. The highest BCUT2D eigenvalue weighted by Crippen LogP contribution is 2.25. The van der Waals surface area contributed by atoms with Gasteiger partial charge < -0.3 is 9.73 Å². The van der Waals surface area contributed by atoms with Crippen LogP contribution < -0.4 is 10.5 Å². The number of carbonyl (C=O) groups is 1. The van der Waals surface area contributed by atoms with Crippen LogP contribution in [0.1, 0.15) is 31.4 Å². The SMILES string of the molecule is N#C/C(=C/c1ccc(-c2ccc(S(N)(=O)=O)cc2)o1)C(=O)NC1CCCC1. The van der Waals surface area contributed by atoms with E-state index in [9.17, 15) is 18.5 Å². The summed E-state index contributed by atoms with van der Waals surface area (Å²) < 4.78 is 28.3. The Morgan fingerprint density at radius 3 is 2.44 bits per heavy atom. The van der Waals surface area contributed by atoms with E-state index < -0.39 is 15.9 Å². The summed E-state index contributed by atoms with van der Waals surface area (Å²) in [5.41, 5.74) is 0.628. The van der Waals surface area contributed by atoms with E-state index in [0.29, 0.717) is 17.1 Å². The summed E-state index contributed by atoms with van der Waals surface area (Å²) in [7, 11) is -3.76. The highest BCUT2D eigenvalue weighted by Gasteiger charge is 2.19. The van der Waals surface area contributed by atoms with Gasteiger partial charge in [0.2, 0.25) is 10.0 Å². The maximum Gasteiger partial charge on any atom is 0.262 e. The maximum atomic E-state index is 12.2. The molecule has 2 aromatic rings. The van der Waals surface area contributed by atoms with Crippen LogP contribution in [-0.4, -0.2) is 20.4 Å². The zero-order valence-corrected chi connectivity index (χ0v) is 15.3. The molecule has 0 aliphatic heterocycles. The Balaban J connectivity index is 1.76. The molecule has 1 aliphatic rings. The molecule has 1 fully saturated rings. The molecule has 1 aromatic carbocycles. The Morgan fingerprint density at radius 1 is 1.19 bits per heavy atom. The average molecular weight is 385 g/mol. The summed E-state index contributed by atoms with van der Waals surface area (Å²) >= 11 is 0. The topological polar surface area (TPSA) is 126 Å². The molecule has 0 radical (unpaired) electrons. The third kappa shape index (κ3) is 4.64. The number of nitrogens with two attached hydrogens (primary N) is 1. The number of furan rings is 1. The van der Waals surface area contributed by atoms with E-state index in [2.05, 4.69) is 5.32 Å². The normalized spacial score (nSPS) is 15.5. The van der Waals surface area contributed by atoms with Gasteiger partial charge in [0.25, 0.3) is 5.91 Å². The first-order valence-corrected chi connectivity index (χ1v) is 10.1. The number of primary sulfonamides is 1. The summed E-state index contributed by atoms with van der Waals surface area (Å²) in [6.07, 6.45) is 5.44. The highest BCUT2D eigenvalue weighted by molar-refractivity contribution is 7.89. The van der Waals surface area contributed by atoms with Crippen LogP contribution in [-0.2, 0) is 14.8 Å². The van der Waals surface area contributed by atoms with E-state index in [0.717, 1.165) is 25.7 Å². The van der Waals surface area contributed by atoms with E-state index in [-0.39, 0.29) is 16.5 Å². The number of hydrogen-bond donors (Lipinski definition) is 2. The standard InChI is InChI=1S/C19H19N3O4S/c20-12-14(19(23)22-15-3-1-2-4-15)11-16-7-10-18(26-16)13-5-8-17(9-6-13)27(21,24)25/h5-11,15H,1-4H2,(H,22,23)(H2,21,24,25)/b14-11-. The number of sulfonamides is 1. The quantitative estimate of drug-likeness (QED) is 0.604. The molecule has 0 unspecified atom stereocenters. The van der Waals surface area contributed by atoms with Gasteiger partial charge in [-0.15, -0.1) is 0 Å². The molecule has 8 heteroatoms. The molecule has 7 nitrogen and oxygen atoms in total. The summed E-state index contributed by atoms with van der Waals surface area (Å²) in [5, 5.41) is 17.2. The smallest absolute Gasteiger partial charge is 0.262 e. The van der Waals surface area contributed by atoms with E-state index in [1.54, 1.807) is 24.3 Å². The van der Waals surface area contributed by atoms with E-state index in [4.69, 9.17) is 9.56 Å². The fourth-order valence-electron chi connectivity index (χ4n) is 3.02. The van der Waals surface area contributed by atoms with Crippen LogP contribution in [0.15, 0.2) is 51.3 Å². The summed E-state index contributed by atoms with van der Waals surface area (Å²) in [6, 6.07) is 11.3. The van der Waals surface area contributed by atoms with Crippen LogP contribution in [0.2, 0.25) is 0 Å². The number of nitriles is 1. The summed E-state index contributed by atoms with van der Waals surface area (Å²) in [6.45, 7) is 0. The number of carbonyl (C=O) groups excluding carboxylic acids is 1. The molecule has 1 heterocycles. The lowest BCUT2D eigenvalue weighted by atomic mass is 10.2. The van der Waals surface area contributed by atoms with Crippen molar-refractivity contribution in [2.75, 3.05) is 0 Å². The largest absolute Gasteiger partial charge is 0.457 e. The van der Waals surface area contributed by atoms with Crippen molar-refractivity contribution in [1.82, 2.24) is 5.32 Å². The van der Waals surface area contributed by atoms with Gasteiger partial charge in [-0.3, -0.25) is 4.79 Å². The van der Waals surface area contributed by atoms with Crippen LogP contribution in [0.5, 0.6) is 0 Å². The molecule has 0 saturated heterocycles. The molecule has 0 bridgehead atoms. The molecule has 27 heavy (non-hydrogen) atoms. The molecule has 1 aliphatic carbocycles. The molecule has 1 amide bonds. The van der Waals surface area contributed by atoms with Gasteiger partial charge in [-0.05, 0) is 49.2 Å².